The van der Waals surface area contributed by atoms with Crippen LogP contribution in [0.15, 0.2) is 42.5 Å². The molecule has 0 bridgehead atoms. The fourth-order valence-corrected chi connectivity index (χ4v) is 2.00. The van der Waals surface area contributed by atoms with Crippen LogP contribution >= 0.6 is 0 Å². The summed E-state index contributed by atoms with van der Waals surface area (Å²) in [7, 11) is 0. The van der Waals surface area contributed by atoms with Crippen molar-refractivity contribution in [3.63, 3.8) is 0 Å². The smallest absolute Gasteiger partial charge is 0.347 e. The van der Waals surface area contributed by atoms with E-state index in [0.717, 1.165) is 6.07 Å². The van der Waals surface area contributed by atoms with Crippen molar-refractivity contribution in [2.24, 2.45) is 0 Å². The number of anilines is 1. The molecule has 26 heavy (non-hydrogen) atoms. The van der Waals surface area contributed by atoms with Gasteiger partial charge in [-0.2, -0.15) is 0 Å². The lowest BCUT2D eigenvalue weighted by Crippen LogP contribution is -2.31. The molecule has 0 aliphatic carbocycles. The zero-order valence-electron chi connectivity index (χ0n) is 13.8. The molecule has 138 valence electrons. The van der Waals surface area contributed by atoms with Gasteiger partial charge in [-0.1, -0.05) is 25.1 Å². The molecule has 8 heteroatoms. The Kier molecular flexibility index (Phi) is 6.60. The number of carbonyl (C=O) groups is 2. The highest BCUT2D eigenvalue weighted by molar-refractivity contribution is 5.93. The van der Waals surface area contributed by atoms with Gasteiger partial charge in [0.1, 0.15) is 5.75 Å². The van der Waals surface area contributed by atoms with E-state index in [1.807, 2.05) is 5.32 Å². The minimum Gasteiger partial charge on any atom is -0.479 e. The van der Waals surface area contributed by atoms with Crippen LogP contribution in [0.1, 0.15) is 13.3 Å². The van der Waals surface area contributed by atoms with Gasteiger partial charge in [-0.15, -0.1) is 0 Å². The standard InChI is InChI=1S/C18H16F3NO4/c1-2-14(26-11-6-4-3-5-7-11)18(24)25-10-15(23)22-13-9-8-12(19)16(20)17(13)21/h3-9,14H,2,10H2,1H3,(H,22,23)/t14-/m0/s1. The number of carbonyl (C=O) groups excluding carboxylic acids is 2. The SMILES string of the molecule is CC[C@H](Oc1ccccc1)C(=O)OCC(=O)Nc1ccc(F)c(F)c1F. The third-order valence-electron chi connectivity index (χ3n) is 3.31. The van der Waals surface area contributed by atoms with Gasteiger partial charge < -0.3 is 14.8 Å². The first-order chi connectivity index (χ1) is 12.4. The predicted octanol–water partition coefficient (Wildman–Crippen LogP) is 3.44. The van der Waals surface area contributed by atoms with E-state index in [1.54, 1.807) is 37.3 Å². The lowest BCUT2D eigenvalue weighted by Gasteiger charge is -2.16. The first-order valence-corrected chi connectivity index (χ1v) is 7.74. The van der Waals surface area contributed by atoms with Crippen molar-refractivity contribution >= 4 is 17.6 Å². The highest BCUT2D eigenvalue weighted by atomic mass is 19.2. The molecule has 0 saturated heterocycles. The summed E-state index contributed by atoms with van der Waals surface area (Å²) in [4.78, 5) is 23.7. The van der Waals surface area contributed by atoms with Gasteiger partial charge in [0.15, 0.2) is 30.2 Å². The van der Waals surface area contributed by atoms with Crippen LogP contribution in [-0.2, 0) is 14.3 Å². The lowest BCUT2D eigenvalue weighted by atomic mass is 10.2. The van der Waals surface area contributed by atoms with E-state index in [-0.39, 0.29) is 0 Å². The Labute approximate surface area is 147 Å². The number of benzene rings is 2. The van der Waals surface area contributed by atoms with Crippen molar-refractivity contribution < 1.29 is 32.2 Å². The molecule has 0 heterocycles. The summed E-state index contributed by atoms with van der Waals surface area (Å²) in [6.07, 6.45) is -0.627. The van der Waals surface area contributed by atoms with Gasteiger partial charge in [-0.25, -0.2) is 18.0 Å². The molecule has 0 spiro atoms. The maximum Gasteiger partial charge on any atom is 0.347 e. The number of rotatable bonds is 7. The third-order valence-corrected chi connectivity index (χ3v) is 3.31. The summed E-state index contributed by atoms with van der Waals surface area (Å²) in [5.74, 6) is -5.85. The van der Waals surface area contributed by atoms with E-state index >= 15 is 0 Å². The van der Waals surface area contributed by atoms with E-state index in [0.29, 0.717) is 18.2 Å². The van der Waals surface area contributed by atoms with Gasteiger partial charge in [0.05, 0.1) is 5.69 Å². The van der Waals surface area contributed by atoms with E-state index in [4.69, 9.17) is 9.47 Å². The second-order valence-corrected chi connectivity index (χ2v) is 5.21. The average molecular weight is 367 g/mol. The van der Waals surface area contributed by atoms with Crippen LogP contribution in [0.5, 0.6) is 5.75 Å². The minimum atomic E-state index is -1.71. The molecule has 0 aliphatic rings. The van der Waals surface area contributed by atoms with Crippen molar-refractivity contribution in [1.82, 2.24) is 0 Å². The molecule has 1 atom stereocenters. The predicted molar refractivity (Wildman–Crippen MR) is 87.1 cm³/mol. The van der Waals surface area contributed by atoms with E-state index in [9.17, 15) is 22.8 Å². The summed E-state index contributed by atoms with van der Waals surface area (Å²) in [6.45, 7) is 0.970. The Morgan fingerprint density at radius 3 is 2.38 bits per heavy atom. The van der Waals surface area contributed by atoms with Crippen molar-refractivity contribution in [3.8, 4) is 5.75 Å². The summed E-state index contributed by atoms with van der Waals surface area (Å²) in [6, 6.07) is 10.1. The molecule has 2 aromatic rings. The summed E-state index contributed by atoms with van der Waals surface area (Å²) in [5, 5.41) is 2.00. The Morgan fingerprint density at radius 1 is 1.04 bits per heavy atom. The molecule has 2 rings (SSSR count). The van der Waals surface area contributed by atoms with Crippen LogP contribution < -0.4 is 10.1 Å². The largest absolute Gasteiger partial charge is 0.479 e. The Morgan fingerprint density at radius 2 is 1.73 bits per heavy atom. The Bertz CT molecular complexity index is 784. The van der Waals surface area contributed by atoms with Crippen LogP contribution in [0.25, 0.3) is 0 Å². The van der Waals surface area contributed by atoms with Crippen molar-refractivity contribution in [2.45, 2.75) is 19.4 Å². The van der Waals surface area contributed by atoms with E-state index < -0.39 is 47.7 Å². The second kappa shape index (κ2) is 8.89. The first-order valence-electron chi connectivity index (χ1n) is 7.74. The van der Waals surface area contributed by atoms with Crippen LogP contribution in [-0.4, -0.2) is 24.6 Å². The topological polar surface area (TPSA) is 64.6 Å². The molecule has 1 amide bonds. The van der Waals surface area contributed by atoms with Crippen LogP contribution in [0, 0.1) is 17.5 Å². The van der Waals surface area contributed by atoms with Crippen LogP contribution in [0.2, 0.25) is 0 Å². The first kappa shape index (κ1) is 19.3. The summed E-state index contributed by atoms with van der Waals surface area (Å²) < 4.78 is 49.7. The third kappa shape index (κ3) is 4.98. The number of hydrogen-bond acceptors (Lipinski definition) is 4. The monoisotopic (exact) mass is 367 g/mol. The lowest BCUT2D eigenvalue weighted by molar-refractivity contribution is -0.154. The van der Waals surface area contributed by atoms with Gasteiger partial charge in [0, 0.05) is 0 Å². The molecule has 0 aromatic heterocycles. The maximum atomic E-state index is 13.5. The van der Waals surface area contributed by atoms with Crippen molar-refractivity contribution in [1.29, 1.82) is 0 Å². The Balaban J connectivity index is 1.89. The molecule has 5 nitrogen and oxygen atoms in total. The minimum absolute atomic E-state index is 0.299. The molecule has 0 saturated carbocycles. The summed E-state index contributed by atoms with van der Waals surface area (Å²) >= 11 is 0. The van der Waals surface area contributed by atoms with E-state index in [1.165, 1.54) is 0 Å². The second-order valence-electron chi connectivity index (χ2n) is 5.21. The Hall–Kier alpha value is -3.03. The van der Waals surface area contributed by atoms with Gasteiger partial charge in [0.25, 0.3) is 5.91 Å². The molecule has 0 fully saturated rings. The number of para-hydroxylation sites is 1. The maximum absolute atomic E-state index is 13.5. The van der Waals surface area contributed by atoms with Crippen molar-refractivity contribution in [3.05, 3.63) is 59.9 Å². The summed E-state index contributed by atoms with van der Waals surface area (Å²) in [5.41, 5.74) is -0.558. The van der Waals surface area contributed by atoms with Gasteiger partial charge in [-0.05, 0) is 30.7 Å². The average Bonchev–Trinajstić information content (AvgIpc) is 2.65. The fourth-order valence-electron chi connectivity index (χ4n) is 2.00. The normalized spacial score (nSPS) is 11.5. The number of esters is 1. The molecule has 0 unspecified atom stereocenters. The van der Waals surface area contributed by atoms with Crippen molar-refractivity contribution in [2.75, 3.05) is 11.9 Å². The molecule has 2 aromatic carbocycles. The quantitative estimate of drug-likeness (QED) is 0.601. The highest BCUT2D eigenvalue weighted by Gasteiger charge is 2.22. The molecule has 0 aliphatic heterocycles. The van der Waals surface area contributed by atoms with Crippen LogP contribution in [0.4, 0.5) is 18.9 Å². The zero-order valence-corrected chi connectivity index (χ0v) is 13.8. The number of hydrogen-bond donors (Lipinski definition) is 1. The van der Waals surface area contributed by atoms with Gasteiger partial charge in [-0.3, -0.25) is 4.79 Å². The highest BCUT2D eigenvalue weighted by Crippen LogP contribution is 2.19. The van der Waals surface area contributed by atoms with Gasteiger partial charge >= 0.3 is 5.97 Å². The fraction of sp³-hybridized carbons (Fsp3) is 0.222. The van der Waals surface area contributed by atoms with Crippen LogP contribution in [0.3, 0.4) is 0 Å². The molecule has 0 radical (unpaired) electrons. The molecular weight excluding hydrogens is 351 g/mol. The number of amides is 1. The molecule has 1 N–H and O–H groups in total. The number of nitrogens with one attached hydrogen (secondary N) is 1. The number of halogens is 3. The van der Waals surface area contributed by atoms with Gasteiger partial charge in [0.2, 0.25) is 0 Å². The molecular formula is C18H16F3NO4. The van der Waals surface area contributed by atoms with E-state index in [2.05, 4.69) is 0 Å². The zero-order chi connectivity index (χ0) is 19.1. The number of ether oxygens (including phenoxy) is 2.